The molecule has 0 aliphatic rings. The van der Waals surface area contributed by atoms with Crippen LogP contribution in [-0.4, -0.2) is 37.4 Å². The number of hydrogen-bond donors (Lipinski definition) is 4. The van der Waals surface area contributed by atoms with Crippen LogP contribution in [0.3, 0.4) is 0 Å². The molecule has 9 heteroatoms. The molecule has 44 heavy (non-hydrogen) atoms. The van der Waals surface area contributed by atoms with Gasteiger partial charge in [0.15, 0.2) is 0 Å². The van der Waals surface area contributed by atoms with Crippen LogP contribution in [0.5, 0.6) is 5.75 Å². The summed E-state index contributed by atoms with van der Waals surface area (Å²) in [7, 11) is 0. The number of carbonyl (C=O) groups is 3. The largest absolute Gasteiger partial charge is 0.494 e. The number of benzene rings is 4. The minimum atomic E-state index is -0.997. The second-order valence-corrected chi connectivity index (χ2v) is 10.2. The number of rotatable bonds is 14. The summed E-state index contributed by atoms with van der Waals surface area (Å²) in [6.07, 6.45) is 0. The smallest absolute Gasteiger partial charge is 0.251 e. The summed E-state index contributed by atoms with van der Waals surface area (Å²) in [5.41, 5.74) is 8.77. The minimum Gasteiger partial charge on any atom is -0.494 e. The van der Waals surface area contributed by atoms with E-state index >= 15 is 0 Å². The predicted octanol–water partition coefficient (Wildman–Crippen LogP) is 4.41. The maximum absolute atomic E-state index is 14.9. The van der Waals surface area contributed by atoms with Gasteiger partial charge in [0.1, 0.15) is 11.6 Å². The van der Waals surface area contributed by atoms with E-state index in [1.165, 1.54) is 12.1 Å². The second kappa shape index (κ2) is 16.0. The molecule has 0 saturated heterocycles. The van der Waals surface area contributed by atoms with E-state index in [-0.39, 0.29) is 31.1 Å². The number of carbonyl (C=O) groups excluding carboxylic acids is 3. The highest BCUT2D eigenvalue weighted by Gasteiger charge is 2.27. The maximum Gasteiger partial charge on any atom is 0.251 e. The molecule has 0 aromatic heterocycles. The highest BCUT2D eigenvalue weighted by Crippen LogP contribution is 2.23. The van der Waals surface area contributed by atoms with Gasteiger partial charge in [-0.1, -0.05) is 72.8 Å². The van der Waals surface area contributed by atoms with Crippen molar-refractivity contribution in [1.82, 2.24) is 16.0 Å². The molecule has 0 bridgehead atoms. The molecule has 3 amide bonds. The Hall–Kier alpha value is -5.02. The Morgan fingerprint density at radius 1 is 0.727 bits per heavy atom. The average molecular weight is 597 g/mol. The van der Waals surface area contributed by atoms with Crippen molar-refractivity contribution >= 4 is 17.7 Å². The van der Waals surface area contributed by atoms with Gasteiger partial charge in [0.25, 0.3) is 5.91 Å². The molecule has 4 aromatic carbocycles. The molecular formula is C35H37FN4O4. The summed E-state index contributed by atoms with van der Waals surface area (Å²) >= 11 is 0. The van der Waals surface area contributed by atoms with Crippen LogP contribution in [-0.2, 0) is 22.7 Å². The second-order valence-electron chi connectivity index (χ2n) is 10.2. The summed E-state index contributed by atoms with van der Waals surface area (Å²) in [5.74, 6) is -2.86. The number of nitrogens with one attached hydrogen (secondary N) is 3. The lowest BCUT2D eigenvalue weighted by Gasteiger charge is -2.22. The maximum atomic E-state index is 14.9. The summed E-state index contributed by atoms with van der Waals surface area (Å²) in [6, 6.07) is 29.3. The Bertz CT molecular complexity index is 1530. The molecule has 0 spiro atoms. The van der Waals surface area contributed by atoms with Gasteiger partial charge in [0.2, 0.25) is 11.8 Å². The first-order valence-electron chi connectivity index (χ1n) is 14.5. The van der Waals surface area contributed by atoms with Gasteiger partial charge in [-0.25, -0.2) is 4.39 Å². The summed E-state index contributed by atoms with van der Waals surface area (Å²) in [5, 5.41) is 8.54. The molecule has 228 valence electrons. The first kappa shape index (κ1) is 31.9. The van der Waals surface area contributed by atoms with Gasteiger partial charge < -0.3 is 26.4 Å². The first-order valence-corrected chi connectivity index (χ1v) is 14.5. The molecule has 0 heterocycles. The molecular weight excluding hydrogens is 559 g/mol. The van der Waals surface area contributed by atoms with Gasteiger partial charge in [-0.15, -0.1) is 0 Å². The van der Waals surface area contributed by atoms with Gasteiger partial charge in [0.05, 0.1) is 18.4 Å². The van der Waals surface area contributed by atoms with Crippen LogP contribution in [0.25, 0.3) is 0 Å². The third-order valence-corrected chi connectivity index (χ3v) is 7.22. The standard InChI is InChI=1S/C35H37FN4O4/c1-2-44-28-18-16-26(17-19-28)30(22-39-33(41)27-8-4-3-5-9-27)34(42)40-23-31(29-10-6-7-11-32(29)36)35(43)38-21-25-14-12-24(20-37)13-15-25/h3-19,30-31H,2,20-23,37H2,1H3,(H,38,43)(H,39,41)(H,40,42)/t30-,31+/m1/s1. The topological polar surface area (TPSA) is 123 Å². The summed E-state index contributed by atoms with van der Waals surface area (Å²) in [4.78, 5) is 39.8. The van der Waals surface area contributed by atoms with Crippen molar-refractivity contribution in [3.8, 4) is 5.75 Å². The average Bonchev–Trinajstić information content (AvgIpc) is 3.06. The highest BCUT2D eigenvalue weighted by atomic mass is 19.1. The zero-order valence-corrected chi connectivity index (χ0v) is 24.6. The van der Waals surface area contributed by atoms with Crippen LogP contribution < -0.4 is 26.4 Å². The van der Waals surface area contributed by atoms with Crippen molar-refractivity contribution < 1.29 is 23.5 Å². The number of halogens is 1. The molecule has 0 radical (unpaired) electrons. The normalized spacial score (nSPS) is 12.1. The van der Waals surface area contributed by atoms with E-state index in [4.69, 9.17) is 10.5 Å². The fourth-order valence-corrected chi connectivity index (χ4v) is 4.74. The van der Waals surface area contributed by atoms with Crippen LogP contribution >= 0.6 is 0 Å². The van der Waals surface area contributed by atoms with Gasteiger partial charge in [-0.3, -0.25) is 14.4 Å². The van der Waals surface area contributed by atoms with Crippen molar-refractivity contribution in [3.63, 3.8) is 0 Å². The van der Waals surface area contributed by atoms with Crippen LogP contribution in [0.15, 0.2) is 103 Å². The lowest BCUT2D eigenvalue weighted by Crippen LogP contribution is -2.42. The summed E-state index contributed by atoms with van der Waals surface area (Å²) < 4.78 is 20.4. The molecule has 4 rings (SSSR count). The highest BCUT2D eigenvalue weighted by molar-refractivity contribution is 5.95. The molecule has 8 nitrogen and oxygen atoms in total. The summed E-state index contributed by atoms with van der Waals surface area (Å²) in [6.45, 7) is 2.86. The quantitative estimate of drug-likeness (QED) is 0.172. The Balaban J connectivity index is 1.50. The third kappa shape index (κ3) is 8.75. The van der Waals surface area contributed by atoms with E-state index in [0.29, 0.717) is 30.0 Å². The number of ether oxygens (including phenoxy) is 1. The van der Waals surface area contributed by atoms with Gasteiger partial charge >= 0.3 is 0 Å². The van der Waals surface area contributed by atoms with Crippen LogP contribution in [0.4, 0.5) is 4.39 Å². The predicted molar refractivity (Wildman–Crippen MR) is 167 cm³/mol. The molecule has 0 unspecified atom stereocenters. The molecule has 0 fully saturated rings. The fraction of sp³-hybridized carbons (Fsp3) is 0.229. The Morgan fingerprint density at radius 2 is 1.34 bits per heavy atom. The molecule has 0 aliphatic heterocycles. The van der Waals surface area contributed by atoms with E-state index in [1.54, 1.807) is 60.7 Å². The number of nitrogens with two attached hydrogens (primary N) is 1. The lowest BCUT2D eigenvalue weighted by atomic mass is 9.95. The molecule has 4 aromatic rings. The van der Waals surface area contributed by atoms with Gasteiger partial charge in [-0.2, -0.15) is 0 Å². The molecule has 0 saturated carbocycles. The minimum absolute atomic E-state index is 0.00288. The fourth-order valence-electron chi connectivity index (χ4n) is 4.74. The van der Waals surface area contributed by atoms with Crippen molar-refractivity contribution in [2.24, 2.45) is 5.73 Å². The number of amides is 3. The van der Waals surface area contributed by atoms with E-state index in [2.05, 4.69) is 16.0 Å². The first-order chi connectivity index (χ1) is 21.4. The SMILES string of the molecule is CCOc1ccc([C@@H](CNC(=O)c2ccccc2)C(=O)NC[C@H](C(=O)NCc2ccc(CN)cc2)c2ccccc2F)cc1. The zero-order valence-electron chi connectivity index (χ0n) is 24.6. The Labute approximate surface area is 256 Å². The molecule has 5 N–H and O–H groups in total. The van der Waals surface area contributed by atoms with Crippen LogP contribution in [0.1, 0.15) is 51.4 Å². The van der Waals surface area contributed by atoms with E-state index in [0.717, 1.165) is 11.1 Å². The number of hydrogen-bond acceptors (Lipinski definition) is 5. The molecule has 2 atom stereocenters. The zero-order chi connectivity index (χ0) is 31.3. The third-order valence-electron chi connectivity index (χ3n) is 7.22. The monoisotopic (exact) mass is 596 g/mol. The van der Waals surface area contributed by atoms with Crippen LogP contribution in [0, 0.1) is 5.82 Å². The van der Waals surface area contributed by atoms with E-state index in [1.807, 2.05) is 37.3 Å². The van der Waals surface area contributed by atoms with Crippen molar-refractivity contribution in [2.75, 3.05) is 19.7 Å². The Kier molecular flexibility index (Phi) is 11.6. The lowest BCUT2D eigenvalue weighted by molar-refractivity contribution is -0.124. The van der Waals surface area contributed by atoms with Crippen molar-refractivity contribution in [1.29, 1.82) is 0 Å². The van der Waals surface area contributed by atoms with Crippen molar-refractivity contribution in [3.05, 3.63) is 137 Å². The van der Waals surface area contributed by atoms with Crippen molar-refractivity contribution in [2.45, 2.75) is 31.8 Å². The van der Waals surface area contributed by atoms with Gasteiger partial charge in [-0.05, 0) is 53.9 Å². The van der Waals surface area contributed by atoms with Gasteiger partial charge in [0, 0.05) is 37.3 Å². The van der Waals surface area contributed by atoms with E-state index < -0.39 is 29.5 Å². The van der Waals surface area contributed by atoms with Crippen LogP contribution in [0.2, 0.25) is 0 Å². The Morgan fingerprint density at radius 3 is 2.00 bits per heavy atom. The molecule has 0 aliphatic carbocycles. The van der Waals surface area contributed by atoms with E-state index in [9.17, 15) is 18.8 Å².